The molecule has 4 heteroatoms. The lowest BCUT2D eigenvalue weighted by Crippen LogP contribution is -2.28. The van der Waals surface area contributed by atoms with E-state index in [0.717, 1.165) is 34.9 Å². The number of carbonyl (C=O) groups is 2. The number of hydrogen-bond donors (Lipinski definition) is 0. The largest absolute Gasteiger partial charge is 0.298 e. The number of aryl methyl sites for hydroxylation is 2. The summed E-state index contributed by atoms with van der Waals surface area (Å²) in [6.45, 7) is 4.01. The Labute approximate surface area is 140 Å². The van der Waals surface area contributed by atoms with Gasteiger partial charge in [-0.05, 0) is 48.4 Å². The molecule has 0 aromatic heterocycles. The number of carbonyl (C=O) groups excluding carboxylic acids is 2. The van der Waals surface area contributed by atoms with Gasteiger partial charge in [0.15, 0.2) is 0 Å². The second-order valence-electron chi connectivity index (χ2n) is 5.41. The first-order chi connectivity index (χ1) is 11.1. The molecule has 3 nitrogen and oxygen atoms in total. The number of nitrogens with zero attached hydrogens (tertiary/aromatic N) is 1. The van der Waals surface area contributed by atoms with Gasteiger partial charge in [-0.25, -0.2) is 4.90 Å². The first kappa shape index (κ1) is 15.6. The van der Waals surface area contributed by atoms with Crippen molar-refractivity contribution in [3.63, 3.8) is 0 Å². The van der Waals surface area contributed by atoms with E-state index in [4.69, 9.17) is 0 Å². The van der Waals surface area contributed by atoms with Crippen molar-refractivity contribution >= 4 is 34.7 Å². The van der Waals surface area contributed by atoms with Crippen molar-refractivity contribution in [3.05, 3.63) is 70.1 Å². The van der Waals surface area contributed by atoms with E-state index in [2.05, 4.69) is 0 Å². The Morgan fingerprint density at radius 2 is 1.87 bits per heavy atom. The summed E-state index contributed by atoms with van der Waals surface area (Å²) in [4.78, 5) is 26.8. The Hall–Kier alpha value is -2.33. The lowest BCUT2D eigenvalue weighted by Gasteiger charge is -2.16. The zero-order valence-corrected chi connectivity index (χ0v) is 13.9. The zero-order valence-electron chi connectivity index (χ0n) is 13.1. The monoisotopic (exact) mass is 323 g/mol. The van der Waals surface area contributed by atoms with Crippen molar-refractivity contribution < 1.29 is 9.59 Å². The average Bonchev–Trinajstić information content (AvgIpc) is 2.81. The summed E-state index contributed by atoms with van der Waals surface area (Å²) in [5, 5.41) is -0.241. The van der Waals surface area contributed by atoms with Crippen molar-refractivity contribution in [3.8, 4) is 0 Å². The second-order valence-corrected chi connectivity index (χ2v) is 6.41. The number of hydrogen-bond acceptors (Lipinski definition) is 3. The van der Waals surface area contributed by atoms with Gasteiger partial charge in [0, 0.05) is 0 Å². The maximum Gasteiger partial charge on any atom is 0.298 e. The summed E-state index contributed by atoms with van der Waals surface area (Å²) in [5.74, 6) is -0.248. The van der Waals surface area contributed by atoms with Crippen LogP contribution in [0.25, 0.3) is 6.08 Å². The summed E-state index contributed by atoms with van der Waals surface area (Å²) >= 11 is 0.995. The maximum absolute atomic E-state index is 12.7. The molecule has 0 spiro atoms. The van der Waals surface area contributed by atoms with Gasteiger partial charge in [0.1, 0.15) is 0 Å². The van der Waals surface area contributed by atoms with Gasteiger partial charge in [-0.2, -0.15) is 0 Å². The Bertz CT molecular complexity index is 811. The van der Waals surface area contributed by atoms with Crippen molar-refractivity contribution in [2.24, 2.45) is 0 Å². The number of imide groups is 1. The first-order valence-corrected chi connectivity index (χ1v) is 8.34. The van der Waals surface area contributed by atoms with Crippen molar-refractivity contribution in [2.45, 2.75) is 20.3 Å². The molecule has 0 bridgehead atoms. The summed E-state index contributed by atoms with van der Waals surface area (Å²) in [7, 11) is 0. The van der Waals surface area contributed by atoms with Gasteiger partial charge in [-0.15, -0.1) is 0 Å². The molecular weight excluding hydrogens is 306 g/mol. The predicted molar refractivity (Wildman–Crippen MR) is 95.4 cm³/mol. The number of benzene rings is 2. The molecule has 2 aromatic rings. The minimum atomic E-state index is -0.248. The molecule has 116 valence electrons. The van der Waals surface area contributed by atoms with Crippen LogP contribution in [0.2, 0.25) is 0 Å². The van der Waals surface area contributed by atoms with Crippen LogP contribution in [-0.4, -0.2) is 11.1 Å². The summed E-state index contributed by atoms with van der Waals surface area (Å²) in [6, 6.07) is 15.4. The van der Waals surface area contributed by atoms with E-state index < -0.39 is 0 Å². The van der Waals surface area contributed by atoms with Crippen LogP contribution in [0.4, 0.5) is 10.5 Å². The molecule has 0 N–H and O–H groups in total. The topological polar surface area (TPSA) is 37.4 Å². The first-order valence-electron chi connectivity index (χ1n) is 7.52. The number of para-hydroxylation sites is 1. The number of anilines is 1. The third-order valence-electron chi connectivity index (χ3n) is 3.75. The van der Waals surface area contributed by atoms with Crippen molar-refractivity contribution in [1.29, 1.82) is 0 Å². The van der Waals surface area contributed by atoms with Crippen LogP contribution in [0.15, 0.2) is 53.4 Å². The van der Waals surface area contributed by atoms with Crippen molar-refractivity contribution in [1.82, 2.24) is 0 Å². The summed E-state index contributed by atoms with van der Waals surface area (Å²) in [6.07, 6.45) is 2.56. The highest BCUT2D eigenvalue weighted by Crippen LogP contribution is 2.37. The second kappa shape index (κ2) is 6.42. The van der Waals surface area contributed by atoms with Gasteiger partial charge >= 0.3 is 0 Å². The molecule has 1 saturated heterocycles. The molecule has 0 radical (unpaired) electrons. The standard InChI is InChI=1S/C19H17NO2S/c1-3-15-9-4-5-10-16(15)20-18(21)17(23-19(20)22)12-14-8-6-7-13(2)11-14/h4-12H,3H2,1-2H3/b17-12-. The summed E-state index contributed by atoms with van der Waals surface area (Å²) < 4.78 is 0. The van der Waals surface area contributed by atoms with Crippen LogP contribution >= 0.6 is 11.8 Å². The maximum atomic E-state index is 12.7. The van der Waals surface area contributed by atoms with Crippen LogP contribution in [0.3, 0.4) is 0 Å². The molecule has 0 saturated carbocycles. The Morgan fingerprint density at radius 3 is 2.61 bits per heavy atom. The Morgan fingerprint density at radius 1 is 1.09 bits per heavy atom. The minimum absolute atomic E-state index is 0.241. The van der Waals surface area contributed by atoms with Crippen LogP contribution < -0.4 is 4.90 Å². The fourth-order valence-corrected chi connectivity index (χ4v) is 3.45. The molecular formula is C19H17NO2S. The number of amides is 2. The predicted octanol–water partition coefficient (Wildman–Crippen LogP) is 4.80. The molecule has 1 heterocycles. The van der Waals surface area contributed by atoms with Gasteiger partial charge < -0.3 is 0 Å². The lowest BCUT2D eigenvalue weighted by molar-refractivity contribution is -0.113. The van der Waals surface area contributed by atoms with Gasteiger partial charge in [0.05, 0.1) is 10.6 Å². The van der Waals surface area contributed by atoms with Crippen LogP contribution in [0.5, 0.6) is 0 Å². The van der Waals surface area contributed by atoms with Gasteiger partial charge in [-0.3, -0.25) is 9.59 Å². The molecule has 1 aliphatic rings. The molecule has 2 aromatic carbocycles. The Balaban J connectivity index is 1.97. The fourth-order valence-electron chi connectivity index (χ4n) is 2.61. The highest BCUT2D eigenvalue weighted by atomic mass is 32.2. The van der Waals surface area contributed by atoms with Crippen molar-refractivity contribution in [2.75, 3.05) is 4.90 Å². The highest BCUT2D eigenvalue weighted by Gasteiger charge is 2.37. The normalized spacial score (nSPS) is 16.4. The van der Waals surface area contributed by atoms with Crippen LogP contribution in [-0.2, 0) is 11.2 Å². The van der Waals surface area contributed by atoms with E-state index in [1.54, 1.807) is 6.08 Å². The van der Waals surface area contributed by atoms with E-state index >= 15 is 0 Å². The van der Waals surface area contributed by atoms with E-state index in [0.29, 0.717) is 10.6 Å². The molecule has 1 aliphatic heterocycles. The third kappa shape index (κ3) is 3.08. The van der Waals surface area contributed by atoms with Gasteiger partial charge in [-0.1, -0.05) is 55.0 Å². The zero-order chi connectivity index (χ0) is 16.4. The molecule has 0 unspecified atom stereocenters. The SMILES string of the molecule is CCc1ccccc1N1C(=O)S/C(=C\c2cccc(C)c2)C1=O. The van der Waals surface area contributed by atoms with Crippen LogP contribution in [0.1, 0.15) is 23.6 Å². The highest BCUT2D eigenvalue weighted by molar-refractivity contribution is 8.19. The third-order valence-corrected chi connectivity index (χ3v) is 4.62. The lowest BCUT2D eigenvalue weighted by atomic mass is 10.1. The van der Waals surface area contributed by atoms with E-state index in [1.165, 1.54) is 4.90 Å². The molecule has 23 heavy (non-hydrogen) atoms. The molecule has 3 rings (SSSR count). The minimum Gasteiger partial charge on any atom is -0.268 e. The Kier molecular flexibility index (Phi) is 4.35. The molecule has 1 fully saturated rings. The molecule has 2 amide bonds. The molecule has 0 atom stereocenters. The van der Waals surface area contributed by atoms with Crippen LogP contribution in [0, 0.1) is 6.92 Å². The quantitative estimate of drug-likeness (QED) is 0.762. The van der Waals surface area contributed by atoms with Gasteiger partial charge in [0.25, 0.3) is 11.1 Å². The van der Waals surface area contributed by atoms with E-state index in [-0.39, 0.29) is 11.1 Å². The number of rotatable bonds is 3. The average molecular weight is 323 g/mol. The smallest absolute Gasteiger partial charge is 0.268 e. The van der Waals surface area contributed by atoms with E-state index in [9.17, 15) is 9.59 Å². The molecule has 0 aliphatic carbocycles. The number of thioether (sulfide) groups is 1. The fraction of sp³-hybridized carbons (Fsp3) is 0.158. The summed E-state index contributed by atoms with van der Waals surface area (Å²) in [5.41, 5.74) is 3.73. The van der Waals surface area contributed by atoms with E-state index in [1.807, 2.05) is 62.4 Å². The van der Waals surface area contributed by atoms with Gasteiger partial charge in [0.2, 0.25) is 0 Å².